The quantitative estimate of drug-likeness (QED) is 0.342. The molecule has 0 saturated heterocycles. The lowest BCUT2D eigenvalue weighted by Crippen LogP contribution is -2.20. The zero-order chi connectivity index (χ0) is 22.6. The predicted octanol–water partition coefficient (Wildman–Crippen LogP) is 4.87. The second-order valence-corrected chi connectivity index (χ2v) is 6.63. The van der Waals surface area contributed by atoms with Crippen LogP contribution < -0.4 is 5.43 Å². The number of carbonyl (C=O) groups excluding carboxylic acids is 1. The third-order valence-electron chi connectivity index (χ3n) is 4.31. The molecule has 1 N–H and O–H groups in total. The Kier molecular flexibility index (Phi) is 6.19. The summed E-state index contributed by atoms with van der Waals surface area (Å²) in [5, 5.41) is 14.6. The summed E-state index contributed by atoms with van der Waals surface area (Å²) in [5.41, 5.74) is 2.90. The fourth-order valence-corrected chi connectivity index (χ4v) is 2.86. The van der Waals surface area contributed by atoms with E-state index in [1.807, 2.05) is 0 Å². The van der Waals surface area contributed by atoms with E-state index in [4.69, 9.17) is 4.42 Å². The van der Waals surface area contributed by atoms with Crippen molar-refractivity contribution in [2.75, 3.05) is 0 Å². The van der Waals surface area contributed by atoms with Gasteiger partial charge in [-0.3, -0.25) is 14.9 Å². The van der Waals surface area contributed by atoms with E-state index in [0.29, 0.717) is 22.6 Å². The highest BCUT2D eigenvalue weighted by atomic mass is 19.4. The molecule has 0 atom stereocenters. The van der Waals surface area contributed by atoms with Gasteiger partial charge < -0.3 is 4.42 Å². The lowest BCUT2D eigenvalue weighted by molar-refractivity contribution is -0.384. The summed E-state index contributed by atoms with van der Waals surface area (Å²) in [6, 6.07) is 12.1. The zero-order valence-corrected chi connectivity index (χ0v) is 16.1. The first-order valence-corrected chi connectivity index (χ1v) is 8.97. The fourth-order valence-electron chi connectivity index (χ4n) is 2.86. The van der Waals surface area contributed by atoms with Gasteiger partial charge in [0.15, 0.2) is 0 Å². The minimum absolute atomic E-state index is 0.0296. The molecule has 3 aromatic rings. The van der Waals surface area contributed by atoms with Gasteiger partial charge in [-0.25, -0.2) is 5.43 Å². The van der Waals surface area contributed by atoms with Gasteiger partial charge in [0.25, 0.3) is 5.69 Å². The van der Waals surface area contributed by atoms with E-state index in [9.17, 15) is 28.1 Å². The summed E-state index contributed by atoms with van der Waals surface area (Å²) in [4.78, 5) is 22.3. The number of alkyl halides is 3. The second kappa shape index (κ2) is 8.82. The van der Waals surface area contributed by atoms with Crippen molar-refractivity contribution in [1.29, 1.82) is 0 Å². The molecule has 160 valence electrons. The monoisotopic (exact) mass is 431 g/mol. The first-order valence-electron chi connectivity index (χ1n) is 8.97. The highest BCUT2D eigenvalue weighted by Gasteiger charge is 2.30. The average Bonchev–Trinajstić information content (AvgIpc) is 3.16. The Hall–Kier alpha value is -3.95. The van der Waals surface area contributed by atoms with Crippen LogP contribution in [0.4, 0.5) is 18.9 Å². The van der Waals surface area contributed by atoms with Crippen LogP contribution in [0.1, 0.15) is 22.5 Å². The number of nitrogens with zero attached hydrogens (tertiary/aromatic N) is 2. The normalized spacial score (nSPS) is 11.6. The first kappa shape index (κ1) is 21.8. The SMILES string of the molecule is Cc1cc([N+](=O)[O-])ccc1-c1ccc(C=NNC(=O)Cc2cccc(C(F)(F)F)c2)o1. The van der Waals surface area contributed by atoms with Crippen molar-refractivity contribution in [3.63, 3.8) is 0 Å². The van der Waals surface area contributed by atoms with Crippen LogP contribution in [-0.4, -0.2) is 17.0 Å². The molecule has 2 aromatic carbocycles. The fraction of sp³-hybridized carbons (Fsp3) is 0.143. The number of hydrogen-bond donors (Lipinski definition) is 1. The summed E-state index contributed by atoms with van der Waals surface area (Å²) in [6.07, 6.45) is -3.51. The number of nitro benzene ring substituents is 1. The third kappa shape index (κ3) is 5.56. The molecular weight excluding hydrogens is 415 g/mol. The van der Waals surface area contributed by atoms with Crippen molar-refractivity contribution in [3.05, 3.63) is 87.2 Å². The molecule has 0 fully saturated rings. The van der Waals surface area contributed by atoms with Gasteiger partial charge in [0, 0.05) is 17.7 Å². The summed E-state index contributed by atoms with van der Waals surface area (Å²) in [5.74, 6) is 0.185. The van der Waals surface area contributed by atoms with Crippen molar-refractivity contribution in [3.8, 4) is 11.3 Å². The Bertz CT molecular complexity index is 1150. The number of nitro groups is 1. The molecule has 3 rings (SSSR count). The van der Waals surface area contributed by atoms with E-state index >= 15 is 0 Å². The number of aryl methyl sites for hydroxylation is 1. The molecule has 0 bridgehead atoms. The maximum Gasteiger partial charge on any atom is 0.416 e. The van der Waals surface area contributed by atoms with Crippen molar-refractivity contribution < 1.29 is 27.3 Å². The van der Waals surface area contributed by atoms with Gasteiger partial charge in [0.1, 0.15) is 11.5 Å². The lowest BCUT2D eigenvalue weighted by Gasteiger charge is -2.08. The van der Waals surface area contributed by atoms with Gasteiger partial charge in [-0.1, -0.05) is 18.2 Å². The number of non-ortho nitro benzene ring substituents is 1. The smallest absolute Gasteiger partial charge is 0.416 e. The summed E-state index contributed by atoms with van der Waals surface area (Å²) in [6.45, 7) is 1.71. The Morgan fingerprint density at radius 1 is 1.19 bits per heavy atom. The van der Waals surface area contributed by atoms with E-state index in [1.54, 1.807) is 25.1 Å². The number of hydrogen-bond acceptors (Lipinski definition) is 5. The van der Waals surface area contributed by atoms with Gasteiger partial charge in [0.2, 0.25) is 5.91 Å². The number of furan rings is 1. The molecule has 0 radical (unpaired) electrons. The molecule has 1 amide bonds. The Balaban J connectivity index is 1.62. The number of nitrogens with one attached hydrogen (secondary N) is 1. The number of benzene rings is 2. The number of halogens is 3. The Morgan fingerprint density at radius 2 is 1.97 bits per heavy atom. The summed E-state index contributed by atoms with van der Waals surface area (Å²) < 4.78 is 43.8. The first-order chi connectivity index (χ1) is 14.6. The molecule has 10 heteroatoms. The Labute approximate surface area is 174 Å². The van der Waals surface area contributed by atoms with E-state index in [0.717, 1.165) is 12.1 Å². The van der Waals surface area contributed by atoms with E-state index in [1.165, 1.54) is 30.5 Å². The topological polar surface area (TPSA) is 97.7 Å². The minimum atomic E-state index is -4.48. The molecule has 0 spiro atoms. The molecule has 7 nitrogen and oxygen atoms in total. The number of amides is 1. The van der Waals surface area contributed by atoms with Crippen LogP contribution in [0.25, 0.3) is 11.3 Å². The van der Waals surface area contributed by atoms with Crippen molar-refractivity contribution in [1.82, 2.24) is 5.43 Å². The largest absolute Gasteiger partial charge is 0.455 e. The molecule has 0 aliphatic heterocycles. The predicted molar refractivity (Wildman–Crippen MR) is 106 cm³/mol. The third-order valence-corrected chi connectivity index (χ3v) is 4.31. The van der Waals surface area contributed by atoms with Crippen LogP contribution in [0.15, 0.2) is 64.1 Å². The van der Waals surface area contributed by atoms with Gasteiger partial charge in [-0.2, -0.15) is 18.3 Å². The van der Waals surface area contributed by atoms with Crippen LogP contribution in [0.3, 0.4) is 0 Å². The molecule has 0 aliphatic rings. The number of carbonyl (C=O) groups is 1. The van der Waals surface area contributed by atoms with Gasteiger partial charge in [-0.15, -0.1) is 0 Å². The molecule has 1 aromatic heterocycles. The highest BCUT2D eigenvalue weighted by molar-refractivity contribution is 5.82. The van der Waals surface area contributed by atoms with E-state index < -0.39 is 22.6 Å². The van der Waals surface area contributed by atoms with Gasteiger partial charge in [0.05, 0.1) is 23.1 Å². The van der Waals surface area contributed by atoms with Gasteiger partial charge in [-0.05, 0) is 42.3 Å². The van der Waals surface area contributed by atoms with E-state index in [2.05, 4.69) is 10.5 Å². The van der Waals surface area contributed by atoms with Crippen molar-refractivity contribution in [2.24, 2.45) is 5.10 Å². The van der Waals surface area contributed by atoms with Crippen LogP contribution in [-0.2, 0) is 17.4 Å². The van der Waals surface area contributed by atoms with Crippen molar-refractivity contribution >= 4 is 17.8 Å². The molecule has 1 heterocycles. The highest BCUT2D eigenvalue weighted by Crippen LogP contribution is 2.30. The number of rotatable bonds is 6. The molecular formula is C21H16F3N3O4. The second-order valence-electron chi connectivity index (χ2n) is 6.63. The molecule has 0 unspecified atom stereocenters. The lowest BCUT2D eigenvalue weighted by atomic mass is 10.1. The number of hydrazone groups is 1. The molecule has 0 saturated carbocycles. The standard InChI is InChI=1S/C21H16F3N3O4/c1-13-9-16(27(29)30)5-7-18(13)19-8-6-17(31-19)12-25-26-20(28)11-14-3-2-4-15(10-14)21(22,23)24/h2-10,12H,11H2,1H3,(H,26,28). The summed E-state index contributed by atoms with van der Waals surface area (Å²) in [7, 11) is 0. The van der Waals surface area contributed by atoms with Crippen LogP contribution in [0, 0.1) is 17.0 Å². The van der Waals surface area contributed by atoms with E-state index in [-0.39, 0.29) is 17.7 Å². The van der Waals surface area contributed by atoms with Gasteiger partial charge >= 0.3 is 6.18 Å². The average molecular weight is 431 g/mol. The van der Waals surface area contributed by atoms with Crippen LogP contribution in [0.5, 0.6) is 0 Å². The summed E-state index contributed by atoms with van der Waals surface area (Å²) >= 11 is 0. The maximum absolute atomic E-state index is 12.7. The minimum Gasteiger partial charge on any atom is -0.455 e. The Morgan fingerprint density at radius 3 is 2.65 bits per heavy atom. The van der Waals surface area contributed by atoms with Crippen LogP contribution in [0.2, 0.25) is 0 Å². The molecule has 31 heavy (non-hydrogen) atoms. The maximum atomic E-state index is 12.7. The molecule has 0 aliphatic carbocycles. The van der Waals surface area contributed by atoms with Crippen molar-refractivity contribution in [2.45, 2.75) is 19.5 Å². The zero-order valence-electron chi connectivity index (χ0n) is 16.1. The van der Waals surface area contributed by atoms with Crippen LogP contribution >= 0.6 is 0 Å².